The molecule has 1 saturated carbocycles. The highest BCUT2D eigenvalue weighted by Gasteiger charge is 2.31. The second-order valence-electron chi connectivity index (χ2n) is 5.97. The molecule has 1 aromatic rings. The van der Waals surface area contributed by atoms with Crippen LogP contribution in [0.5, 0.6) is 11.5 Å². The maximum atomic E-state index is 5.52. The van der Waals surface area contributed by atoms with Crippen LogP contribution in [0.3, 0.4) is 0 Å². The number of likely N-dealkylation sites (N-methyl/N-ethyl adjacent to an activating group) is 2. The van der Waals surface area contributed by atoms with E-state index in [4.69, 9.17) is 9.47 Å². The Morgan fingerprint density at radius 2 is 2.00 bits per heavy atom. The summed E-state index contributed by atoms with van der Waals surface area (Å²) in [5.74, 6) is 2.64. The Labute approximate surface area is 128 Å². The average molecular weight is 292 g/mol. The summed E-state index contributed by atoms with van der Waals surface area (Å²) in [6.45, 7) is 3.28. The van der Waals surface area contributed by atoms with Gasteiger partial charge in [-0.25, -0.2) is 0 Å². The maximum Gasteiger partial charge on any atom is 0.123 e. The minimum Gasteiger partial charge on any atom is -0.497 e. The smallest absolute Gasteiger partial charge is 0.123 e. The lowest BCUT2D eigenvalue weighted by Crippen LogP contribution is -2.37. The number of nitrogens with zero attached hydrogens (tertiary/aromatic N) is 1. The van der Waals surface area contributed by atoms with E-state index in [2.05, 4.69) is 30.3 Å². The number of rotatable bonds is 8. The SMILES string of the molecule is CNC(CN(C)C(C)C1CC1)c1cc(OC)ccc1OC. The van der Waals surface area contributed by atoms with Gasteiger partial charge in [-0.3, -0.25) is 0 Å². The molecule has 118 valence electrons. The predicted molar refractivity (Wildman–Crippen MR) is 86.2 cm³/mol. The minimum absolute atomic E-state index is 0.223. The zero-order valence-corrected chi connectivity index (χ0v) is 13.8. The van der Waals surface area contributed by atoms with Crippen LogP contribution in [0.25, 0.3) is 0 Å². The van der Waals surface area contributed by atoms with Crippen molar-refractivity contribution in [3.63, 3.8) is 0 Å². The molecule has 1 N–H and O–H groups in total. The van der Waals surface area contributed by atoms with Crippen molar-refractivity contribution in [3.05, 3.63) is 23.8 Å². The lowest BCUT2D eigenvalue weighted by Gasteiger charge is -2.30. The normalized spacial score (nSPS) is 17.6. The summed E-state index contributed by atoms with van der Waals surface area (Å²) < 4.78 is 10.9. The van der Waals surface area contributed by atoms with Crippen LogP contribution in [-0.2, 0) is 0 Å². The van der Waals surface area contributed by atoms with Crippen molar-refractivity contribution in [1.29, 1.82) is 0 Å². The first-order valence-electron chi connectivity index (χ1n) is 7.70. The lowest BCUT2D eigenvalue weighted by molar-refractivity contribution is 0.211. The van der Waals surface area contributed by atoms with Crippen LogP contribution in [0.4, 0.5) is 0 Å². The van der Waals surface area contributed by atoms with Crippen molar-refractivity contribution in [3.8, 4) is 11.5 Å². The third kappa shape index (κ3) is 3.89. The largest absolute Gasteiger partial charge is 0.497 e. The molecule has 0 spiro atoms. The van der Waals surface area contributed by atoms with Crippen molar-refractivity contribution in [2.24, 2.45) is 5.92 Å². The molecule has 1 aromatic carbocycles. The summed E-state index contributed by atoms with van der Waals surface area (Å²) in [4.78, 5) is 2.44. The van der Waals surface area contributed by atoms with Crippen LogP contribution < -0.4 is 14.8 Å². The zero-order chi connectivity index (χ0) is 15.4. The van der Waals surface area contributed by atoms with Crippen LogP contribution in [0.2, 0.25) is 0 Å². The van der Waals surface area contributed by atoms with E-state index in [9.17, 15) is 0 Å². The highest BCUT2D eigenvalue weighted by atomic mass is 16.5. The second-order valence-corrected chi connectivity index (χ2v) is 5.97. The van der Waals surface area contributed by atoms with Gasteiger partial charge < -0.3 is 19.7 Å². The molecule has 21 heavy (non-hydrogen) atoms. The Bertz CT molecular complexity index is 460. The third-order valence-corrected chi connectivity index (χ3v) is 4.63. The first-order valence-corrected chi connectivity index (χ1v) is 7.70. The summed E-state index contributed by atoms with van der Waals surface area (Å²) in [5, 5.41) is 3.41. The summed E-state index contributed by atoms with van der Waals surface area (Å²) >= 11 is 0. The summed E-state index contributed by atoms with van der Waals surface area (Å²) in [5.41, 5.74) is 1.15. The van der Waals surface area contributed by atoms with Gasteiger partial charge in [-0.2, -0.15) is 0 Å². The Balaban J connectivity index is 2.15. The molecular weight excluding hydrogens is 264 g/mol. The molecule has 0 aliphatic heterocycles. The molecule has 0 saturated heterocycles. The van der Waals surface area contributed by atoms with Gasteiger partial charge in [0.05, 0.1) is 14.2 Å². The summed E-state index contributed by atoms with van der Waals surface area (Å²) in [7, 11) is 7.62. The van der Waals surface area contributed by atoms with Gasteiger partial charge in [-0.15, -0.1) is 0 Å². The topological polar surface area (TPSA) is 33.7 Å². The monoisotopic (exact) mass is 292 g/mol. The van der Waals surface area contributed by atoms with Gasteiger partial charge in [0.25, 0.3) is 0 Å². The van der Waals surface area contributed by atoms with Crippen LogP contribution in [0.1, 0.15) is 31.4 Å². The first kappa shape index (κ1) is 16.1. The molecule has 0 aromatic heterocycles. The first-order chi connectivity index (χ1) is 10.1. The molecule has 0 radical (unpaired) electrons. The molecule has 1 fully saturated rings. The Kier molecular flexibility index (Phi) is 5.48. The molecule has 1 aliphatic rings. The third-order valence-electron chi connectivity index (χ3n) is 4.63. The summed E-state index contributed by atoms with van der Waals surface area (Å²) in [6, 6.07) is 6.84. The van der Waals surface area contributed by atoms with Gasteiger partial charge in [0, 0.05) is 24.2 Å². The van der Waals surface area contributed by atoms with E-state index in [1.54, 1.807) is 14.2 Å². The fraction of sp³-hybridized carbons (Fsp3) is 0.647. The van der Waals surface area contributed by atoms with Gasteiger partial charge >= 0.3 is 0 Å². The minimum atomic E-state index is 0.223. The molecule has 2 atom stereocenters. The molecule has 2 unspecified atom stereocenters. The van der Waals surface area contributed by atoms with E-state index in [-0.39, 0.29) is 6.04 Å². The molecular formula is C17H28N2O2. The highest BCUT2D eigenvalue weighted by Crippen LogP contribution is 2.36. The van der Waals surface area contributed by atoms with E-state index >= 15 is 0 Å². The van der Waals surface area contributed by atoms with Crippen molar-refractivity contribution < 1.29 is 9.47 Å². The fourth-order valence-corrected chi connectivity index (χ4v) is 2.85. The molecule has 0 heterocycles. The molecule has 4 nitrogen and oxygen atoms in total. The van der Waals surface area contributed by atoms with Crippen molar-refractivity contribution in [1.82, 2.24) is 10.2 Å². The molecule has 0 amide bonds. The van der Waals surface area contributed by atoms with Gasteiger partial charge in [-0.05, 0) is 58.0 Å². The van der Waals surface area contributed by atoms with E-state index in [0.29, 0.717) is 6.04 Å². The zero-order valence-electron chi connectivity index (χ0n) is 13.8. The Morgan fingerprint density at radius 3 is 2.52 bits per heavy atom. The fourth-order valence-electron chi connectivity index (χ4n) is 2.85. The highest BCUT2D eigenvalue weighted by molar-refractivity contribution is 5.42. The number of hydrogen-bond donors (Lipinski definition) is 1. The lowest BCUT2D eigenvalue weighted by atomic mass is 10.0. The molecule has 4 heteroatoms. The van der Waals surface area contributed by atoms with E-state index in [1.165, 1.54) is 12.8 Å². The van der Waals surface area contributed by atoms with Crippen molar-refractivity contribution in [2.75, 3.05) is 34.9 Å². The number of hydrogen-bond acceptors (Lipinski definition) is 4. The quantitative estimate of drug-likeness (QED) is 0.799. The molecule has 2 rings (SSSR count). The maximum absolute atomic E-state index is 5.52. The summed E-state index contributed by atoms with van der Waals surface area (Å²) in [6.07, 6.45) is 2.75. The van der Waals surface area contributed by atoms with Crippen LogP contribution in [0, 0.1) is 5.92 Å². The van der Waals surface area contributed by atoms with Crippen LogP contribution in [0.15, 0.2) is 18.2 Å². The van der Waals surface area contributed by atoms with E-state index in [1.807, 2.05) is 19.2 Å². The van der Waals surface area contributed by atoms with E-state index < -0.39 is 0 Å². The van der Waals surface area contributed by atoms with Gasteiger partial charge in [-0.1, -0.05) is 0 Å². The predicted octanol–water partition coefficient (Wildman–Crippen LogP) is 2.69. The molecule has 1 aliphatic carbocycles. The van der Waals surface area contributed by atoms with Crippen LogP contribution >= 0.6 is 0 Å². The average Bonchev–Trinajstić information content (AvgIpc) is 3.35. The standard InChI is InChI=1S/C17H28N2O2/c1-12(13-6-7-13)19(3)11-16(18-2)15-10-14(20-4)8-9-17(15)21-5/h8-10,12-13,16,18H,6-7,11H2,1-5H3. The Hall–Kier alpha value is -1.26. The van der Waals surface area contributed by atoms with Gasteiger partial charge in [0.15, 0.2) is 0 Å². The van der Waals surface area contributed by atoms with Gasteiger partial charge in [0.1, 0.15) is 11.5 Å². The molecule has 0 bridgehead atoms. The van der Waals surface area contributed by atoms with Gasteiger partial charge in [0.2, 0.25) is 0 Å². The van der Waals surface area contributed by atoms with Crippen molar-refractivity contribution >= 4 is 0 Å². The van der Waals surface area contributed by atoms with Crippen molar-refractivity contribution in [2.45, 2.75) is 31.8 Å². The van der Waals surface area contributed by atoms with E-state index in [0.717, 1.165) is 29.5 Å². The number of nitrogens with one attached hydrogen (secondary N) is 1. The Morgan fingerprint density at radius 1 is 1.29 bits per heavy atom. The number of benzene rings is 1. The number of methoxy groups -OCH3 is 2. The second kappa shape index (κ2) is 7.14. The number of ether oxygens (including phenoxy) is 2. The van der Waals surface area contributed by atoms with Crippen LogP contribution in [-0.4, -0.2) is 45.8 Å².